The number of nitro groups is 2. The molecule has 1 saturated heterocycles. The molecule has 28 heavy (non-hydrogen) atoms. The Labute approximate surface area is 156 Å². The number of aryl methyl sites for hydroxylation is 1. The molecule has 1 aromatic heterocycles. The number of aromatic nitrogens is 2. The van der Waals surface area contributed by atoms with E-state index in [4.69, 9.17) is 0 Å². The van der Waals surface area contributed by atoms with E-state index < -0.39 is 33.0 Å². The van der Waals surface area contributed by atoms with Crippen LogP contribution in [0.1, 0.15) is 29.9 Å². The van der Waals surface area contributed by atoms with Crippen LogP contribution in [0, 0.1) is 20.2 Å². The minimum Gasteiger partial charge on any atom is -0.360 e. The minimum atomic E-state index is -4.93. The van der Waals surface area contributed by atoms with E-state index in [1.165, 1.54) is 4.90 Å². The van der Waals surface area contributed by atoms with Crippen LogP contribution in [-0.2, 0) is 13.2 Å². The van der Waals surface area contributed by atoms with Gasteiger partial charge in [0.25, 0.3) is 11.4 Å². The van der Waals surface area contributed by atoms with E-state index in [-0.39, 0.29) is 24.7 Å². The van der Waals surface area contributed by atoms with Crippen molar-refractivity contribution in [3.05, 3.63) is 55.9 Å². The summed E-state index contributed by atoms with van der Waals surface area (Å²) in [6.45, 7) is 0.485. The average Bonchev–Trinajstić information content (AvgIpc) is 3.06. The lowest BCUT2D eigenvalue weighted by Gasteiger charge is -2.32. The van der Waals surface area contributed by atoms with Crippen LogP contribution < -0.4 is 4.90 Å². The SMILES string of the molecule is Cn1cc(C2CCN(c3c([N+](=O)[O-])cc(C(F)(F)F)cc3[N+](=O)[O-])CC2)cn1. The minimum absolute atomic E-state index is 0.123. The lowest BCUT2D eigenvalue weighted by atomic mass is 9.91. The van der Waals surface area contributed by atoms with Gasteiger partial charge in [0.05, 0.1) is 21.6 Å². The van der Waals surface area contributed by atoms with Crippen molar-refractivity contribution in [1.82, 2.24) is 9.78 Å². The van der Waals surface area contributed by atoms with Crippen LogP contribution in [0.3, 0.4) is 0 Å². The quantitative estimate of drug-likeness (QED) is 0.574. The Balaban J connectivity index is 1.97. The molecule has 150 valence electrons. The summed E-state index contributed by atoms with van der Waals surface area (Å²) in [6, 6.07) is 0.713. The topological polar surface area (TPSA) is 107 Å². The summed E-state index contributed by atoms with van der Waals surface area (Å²) in [5, 5.41) is 26.9. The van der Waals surface area contributed by atoms with Crippen LogP contribution >= 0.6 is 0 Å². The highest BCUT2D eigenvalue weighted by Gasteiger charge is 2.40. The maximum atomic E-state index is 13.0. The van der Waals surface area contributed by atoms with Crippen LogP contribution in [0.4, 0.5) is 30.2 Å². The van der Waals surface area contributed by atoms with Gasteiger partial charge in [-0.25, -0.2) is 0 Å². The molecule has 1 aliphatic rings. The normalized spacial score (nSPS) is 15.6. The van der Waals surface area contributed by atoms with Crippen molar-refractivity contribution in [2.45, 2.75) is 24.9 Å². The second-order valence-electron chi connectivity index (χ2n) is 6.58. The summed E-state index contributed by atoms with van der Waals surface area (Å²) in [7, 11) is 1.77. The number of hydrogen-bond donors (Lipinski definition) is 0. The van der Waals surface area contributed by atoms with Crippen molar-refractivity contribution in [3.63, 3.8) is 0 Å². The lowest BCUT2D eigenvalue weighted by molar-refractivity contribution is -0.393. The molecule has 1 aromatic carbocycles. The summed E-state index contributed by atoms with van der Waals surface area (Å²) >= 11 is 0. The molecule has 1 fully saturated rings. The van der Waals surface area contributed by atoms with E-state index in [0.29, 0.717) is 25.0 Å². The predicted molar refractivity (Wildman–Crippen MR) is 92.1 cm³/mol. The number of hydrogen-bond acceptors (Lipinski definition) is 6. The van der Waals surface area contributed by atoms with Gasteiger partial charge in [0.15, 0.2) is 5.69 Å². The molecule has 0 radical (unpaired) electrons. The second kappa shape index (κ2) is 7.09. The number of alkyl halides is 3. The van der Waals surface area contributed by atoms with Crippen LogP contribution in [-0.4, -0.2) is 32.7 Å². The maximum Gasteiger partial charge on any atom is 0.416 e. The Morgan fingerprint density at radius 3 is 2.04 bits per heavy atom. The number of anilines is 1. The molecule has 0 atom stereocenters. The van der Waals surface area contributed by atoms with Crippen LogP contribution in [0.5, 0.6) is 0 Å². The summed E-state index contributed by atoms with van der Waals surface area (Å²) in [4.78, 5) is 22.2. The molecule has 9 nitrogen and oxygen atoms in total. The number of piperidine rings is 1. The smallest absolute Gasteiger partial charge is 0.360 e. The Kier molecular flexibility index (Phi) is 4.96. The summed E-state index contributed by atoms with van der Waals surface area (Å²) < 4.78 is 40.7. The first-order valence-corrected chi connectivity index (χ1v) is 8.35. The predicted octanol–water partition coefficient (Wildman–Crippen LogP) is 3.64. The molecule has 0 N–H and O–H groups in total. The third-order valence-electron chi connectivity index (χ3n) is 4.80. The van der Waals surface area contributed by atoms with Gasteiger partial charge in [0.2, 0.25) is 0 Å². The molecular formula is C16H16F3N5O4. The Morgan fingerprint density at radius 1 is 1.11 bits per heavy atom. The van der Waals surface area contributed by atoms with E-state index in [9.17, 15) is 33.4 Å². The standard InChI is InChI=1S/C16H16F3N5O4/c1-21-9-11(8-20-21)10-2-4-22(5-3-10)15-13(23(25)26)6-12(16(17,18)19)7-14(15)24(27)28/h6-10H,2-5H2,1H3. The van der Waals surface area contributed by atoms with E-state index in [1.54, 1.807) is 17.9 Å². The monoisotopic (exact) mass is 399 g/mol. The third-order valence-corrected chi connectivity index (χ3v) is 4.80. The van der Waals surface area contributed by atoms with Crippen molar-refractivity contribution < 1.29 is 23.0 Å². The molecule has 0 unspecified atom stereocenters. The average molecular weight is 399 g/mol. The highest BCUT2D eigenvalue weighted by molar-refractivity contribution is 5.76. The van der Waals surface area contributed by atoms with Gasteiger partial charge in [0, 0.05) is 38.5 Å². The fraction of sp³-hybridized carbons (Fsp3) is 0.438. The van der Waals surface area contributed by atoms with Gasteiger partial charge in [-0.05, 0) is 24.3 Å². The number of nitrogens with zero attached hydrogens (tertiary/aromatic N) is 5. The summed E-state index contributed by atoms with van der Waals surface area (Å²) in [5.41, 5.74) is -2.64. The van der Waals surface area contributed by atoms with Gasteiger partial charge in [-0.2, -0.15) is 18.3 Å². The first-order chi connectivity index (χ1) is 13.1. The van der Waals surface area contributed by atoms with E-state index in [2.05, 4.69) is 5.10 Å². The largest absolute Gasteiger partial charge is 0.416 e. The van der Waals surface area contributed by atoms with Crippen LogP contribution in [0.2, 0.25) is 0 Å². The Morgan fingerprint density at radius 2 is 1.64 bits per heavy atom. The van der Waals surface area contributed by atoms with Gasteiger partial charge in [-0.3, -0.25) is 24.9 Å². The highest BCUT2D eigenvalue weighted by Crippen LogP contribution is 2.44. The molecule has 0 bridgehead atoms. The third kappa shape index (κ3) is 3.75. The van der Waals surface area contributed by atoms with E-state index >= 15 is 0 Å². The molecule has 2 aromatic rings. The molecule has 0 amide bonds. The van der Waals surface area contributed by atoms with Gasteiger partial charge in [0.1, 0.15) is 0 Å². The van der Waals surface area contributed by atoms with Gasteiger partial charge in [-0.1, -0.05) is 0 Å². The molecular weight excluding hydrogens is 383 g/mol. The van der Waals surface area contributed by atoms with E-state index in [0.717, 1.165) is 5.56 Å². The fourth-order valence-corrected chi connectivity index (χ4v) is 3.46. The van der Waals surface area contributed by atoms with Crippen molar-refractivity contribution in [2.24, 2.45) is 7.05 Å². The van der Waals surface area contributed by atoms with Crippen molar-refractivity contribution in [3.8, 4) is 0 Å². The van der Waals surface area contributed by atoms with Crippen molar-refractivity contribution in [1.29, 1.82) is 0 Å². The van der Waals surface area contributed by atoms with Crippen molar-refractivity contribution >= 4 is 17.1 Å². The maximum absolute atomic E-state index is 13.0. The molecule has 0 saturated carbocycles. The van der Waals surface area contributed by atoms with Gasteiger partial charge < -0.3 is 4.90 Å². The molecule has 1 aliphatic heterocycles. The van der Waals surface area contributed by atoms with Gasteiger partial charge >= 0.3 is 6.18 Å². The van der Waals surface area contributed by atoms with Gasteiger partial charge in [-0.15, -0.1) is 0 Å². The highest BCUT2D eigenvalue weighted by atomic mass is 19.4. The summed E-state index contributed by atoms with van der Waals surface area (Å²) in [5.74, 6) is 0.123. The first-order valence-electron chi connectivity index (χ1n) is 8.35. The summed E-state index contributed by atoms with van der Waals surface area (Å²) in [6.07, 6.45) is -0.282. The Hall–Kier alpha value is -3.18. The molecule has 2 heterocycles. The van der Waals surface area contributed by atoms with Crippen LogP contribution in [0.25, 0.3) is 0 Å². The molecule has 0 aliphatic carbocycles. The number of benzene rings is 1. The zero-order valence-corrected chi connectivity index (χ0v) is 14.7. The van der Waals surface area contributed by atoms with Crippen LogP contribution in [0.15, 0.2) is 24.5 Å². The second-order valence-corrected chi connectivity index (χ2v) is 6.58. The number of halogens is 3. The zero-order valence-electron chi connectivity index (χ0n) is 14.7. The molecule has 12 heteroatoms. The molecule has 3 rings (SSSR count). The lowest BCUT2D eigenvalue weighted by Crippen LogP contribution is -2.34. The first kappa shape index (κ1) is 19.6. The van der Waals surface area contributed by atoms with Crippen molar-refractivity contribution in [2.75, 3.05) is 18.0 Å². The molecule has 0 spiro atoms. The Bertz CT molecular complexity index is 884. The fourth-order valence-electron chi connectivity index (χ4n) is 3.46. The number of nitro benzene ring substituents is 2. The number of rotatable bonds is 4. The van der Waals surface area contributed by atoms with E-state index in [1.807, 2.05) is 6.20 Å². The zero-order chi connectivity index (χ0) is 20.6.